The predicted molar refractivity (Wildman–Crippen MR) is 149 cm³/mol. The molecule has 0 saturated carbocycles. The standard InChI is InChI=1S/C34H27N/c1-21-19-30-33(35-21)28-18-17-23(20-29(28)34(30,2)3)32-26-15-9-7-13-24(26)31(22-11-5-4-6-12-22)25-14-8-10-16-27(25)32/h4-20,35H,1-3H3. The molecule has 0 amide bonds. The fourth-order valence-corrected chi connectivity index (χ4v) is 6.23. The van der Waals surface area contributed by atoms with Gasteiger partial charge < -0.3 is 4.98 Å². The first kappa shape index (κ1) is 20.3. The first-order chi connectivity index (χ1) is 17.0. The van der Waals surface area contributed by atoms with Gasteiger partial charge in [-0.2, -0.15) is 0 Å². The smallest absolute Gasteiger partial charge is 0.0500 e. The lowest BCUT2D eigenvalue weighted by atomic mass is 9.80. The SMILES string of the molecule is Cc1cc2c([nH]1)-c1ccc(-c3c4ccccc4c(-c4ccccc4)c4ccccc34)cc1C2(C)C. The molecule has 35 heavy (non-hydrogen) atoms. The summed E-state index contributed by atoms with van der Waals surface area (Å²) < 4.78 is 0. The molecular formula is C34H27N. The quantitative estimate of drug-likeness (QED) is 0.254. The Hall–Kier alpha value is -4.10. The number of hydrogen-bond acceptors (Lipinski definition) is 0. The van der Waals surface area contributed by atoms with E-state index < -0.39 is 0 Å². The zero-order chi connectivity index (χ0) is 23.7. The molecule has 7 rings (SSSR count). The van der Waals surface area contributed by atoms with Crippen LogP contribution >= 0.6 is 0 Å². The second kappa shape index (κ2) is 7.20. The number of hydrogen-bond donors (Lipinski definition) is 1. The van der Waals surface area contributed by atoms with Gasteiger partial charge in [0.1, 0.15) is 0 Å². The Labute approximate surface area is 206 Å². The van der Waals surface area contributed by atoms with Gasteiger partial charge in [0.05, 0.1) is 5.69 Å². The monoisotopic (exact) mass is 449 g/mol. The first-order valence-corrected chi connectivity index (χ1v) is 12.4. The van der Waals surface area contributed by atoms with Crippen LogP contribution < -0.4 is 0 Å². The average Bonchev–Trinajstić information content (AvgIpc) is 3.37. The minimum Gasteiger partial charge on any atom is -0.358 e. The maximum atomic E-state index is 3.61. The summed E-state index contributed by atoms with van der Waals surface area (Å²) in [6.45, 7) is 6.85. The summed E-state index contributed by atoms with van der Waals surface area (Å²) in [4.78, 5) is 3.61. The minimum atomic E-state index is -0.0268. The molecule has 1 aromatic heterocycles. The van der Waals surface area contributed by atoms with Gasteiger partial charge >= 0.3 is 0 Å². The number of nitrogens with one attached hydrogen (secondary N) is 1. The second-order valence-electron chi connectivity index (χ2n) is 10.3. The van der Waals surface area contributed by atoms with Crippen LogP contribution in [0.1, 0.15) is 30.7 Å². The molecule has 1 heterocycles. The maximum Gasteiger partial charge on any atom is 0.0500 e. The summed E-state index contributed by atoms with van der Waals surface area (Å²) in [5, 5.41) is 5.20. The van der Waals surface area contributed by atoms with Crippen molar-refractivity contribution in [3.05, 3.63) is 120 Å². The first-order valence-electron chi connectivity index (χ1n) is 12.4. The Kier molecular flexibility index (Phi) is 4.17. The number of aryl methyl sites for hydroxylation is 1. The number of rotatable bonds is 2. The Bertz CT molecular complexity index is 1710. The zero-order valence-electron chi connectivity index (χ0n) is 20.3. The van der Waals surface area contributed by atoms with Gasteiger partial charge in [-0.25, -0.2) is 0 Å². The van der Waals surface area contributed by atoms with Crippen molar-refractivity contribution in [2.45, 2.75) is 26.2 Å². The van der Waals surface area contributed by atoms with E-state index in [2.05, 4.69) is 129 Å². The molecule has 0 spiro atoms. The van der Waals surface area contributed by atoms with Gasteiger partial charge in [0.15, 0.2) is 0 Å². The van der Waals surface area contributed by atoms with Crippen molar-refractivity contribution in [1.82, 2.24) is 4.98 Å². The lowest BCUT2D eigenvalue weighted by molar-refractivity contribution is 0.661. The van der Waals surface area contributed by atoms with Crippen LogP contribution in [0.4, 0.5) is 0 Å². The molecule has 168 valence electrons. The number of fused-ring (bicyclic) bond motifs is 5. The molecule has 0 bridgehead atoms. The number of benzene rings is 5. The van der Waals surface area contributed by atoms with Crippen LogP contribution in [0.2, 0.25) is 0 Å². The average molecular weight is 450 g/mol. The molecule has 0 atom stereocenters. The van der Waals surface area contributed by atoms with E-state index >= 15 is 0 Å². The van der Waals surface area contributed by atoms with Gasteiger partial charge in [-0.15, -0.1) is 0 Å². The minimum absolute atomic E-state index is 0.0268. The summed E-state index contributed by atoms with van der Waals surface area (Å²) in [6, 6.07) is 38.0. The molecule has 0 saturated heterocycles. The Morgan fingerprint density at radius 3 is 1.69 bits per heavy atom. The highest BCUT2D eigenvalue weighted by Gasteiger charge is 2.37. The normalized spacial score (nSPS) is 13.8. The Morgan fingerprint density at radius 1 is 0.543 bits per heavy atom. The van der Waals surface area contributed by atoms with Crippen molar-refractivity contribution in [2.75, 3.05) is 0 Å². The van der Waals surface area contributed by atoms with Crippen molar-refractivity contribution < 1.29 is 0 Å². The largest absolute Gasteiger partial charge is 0.358 e. The summed E-state index contributed by atoms with van der Waals surface area (Å²) in [5.41, 5.74) is 11.8. The van der Waals surface area contributed by atoms with Crippen LogP contribution in [0, 0.1) is 6.92 Å². The number of aromatic nitrogens is 1. The van der Waals surface area contributed by atoms with Crippen molar-refractivity contribution >= 4 is 21.5 Å². The highest BCUT2D eigenvalue weighted by atomic mass is 14.7. The lowest BCUT2D eigenvalue weighted by Crippen LogP contribution is -2.14. The van der Waals surface area contributed by atoms with Crippen molar-refractivity contribution in [3.63, 3.8) is 0 Å². The summed E-state index contributed by atoms with van der Waals surface area (Å²) >= 11 is 0. The van der Waals surface area contributed by atoms with E-state index in [4.69, 9.17) is 0 Å². The van der Waals surface area contributed by atoms with E-state index in [0.29, 0.717) is 0 Å². The van der Waals surface area contributed by atoms with E-state index in [1.165, 1.54) is 71.9 Å². The van der Waals surface area contributed by atoms with E-state index in [-0.39, 0.29) is 5.41 Å². The summed E-state index contributed by atoms with van der Waals surface area (Å²) in [5.74, 6) is 0. The van der Waals surface area contributed by atoms with Crippen LogP contribution in [0.3, 0.4) is 0 Å². The zero-order valence-corrected chi connectivity index (χ0v) is 20.3. The van der Waals surface area contributed by atoms with Crippen LogP contribution in [0.25, 0.3) is 55.1 Å². The third kappa shape index (κ3) is 2.82. The molecule has 1 N–H and O–H groups in total. The van der Waals surface area contributed by atoms with Crippen molar-refractivity contribution in [3.8, 4) is 33.5 Å². The highest BCUT2D eigenvalue weighted by molar-refractivity contribution is 6.21. The molecular weight excluding hydrogens is 422 g/mol. The fourth-order valence-electron chi connectivity index (χ4n) is 6.23. The van der Waals surface area contributed by atoms with Crippen LogP contribution in [-0.4, -0.2) is 4.98 Å². The van der Waals surface area contributed by atoms with Gasteiger partial charge in [0.2, 0.25) is 0 Å². The van der Waals surface area contributed by atoms with Gasteiger partial charge in [0.25, 0.3) is 0 Å². The third-order valence-corrected chi connectivity index (χ3v) is 7.87. The molecule has 6 aromatic rings. The van der Waals surface area contributed by atoms with E-state index in [0.717, 1.165) is 0 Å². The van der Waals surface area contributed by atoms with Gasteiger partial charge in [0, 0.05) is 16.7 Å². The Morgan fingerprint density at radius 2 is 1.09 bits per heavy atom. The van der Waals surface area contributed by atoms with Gasteiger partial charge in [-0.3, -0.25) is 0 Å². The van der Waals surface area contributed by atoms with Crippen molar-refractivity contribution in [1.29, 1.82) is 0 Å². The number of H-pyrrole nitrogens is 1. The summed E-state index contributed by atoms with van der Waals surface area (Å²) in [7, 11) is 0. The van der Waals surface area contributed by atoms with Gasteiger partial charge in [-0.1, -0.05) is 105 Å². The number of aromatic amines is 1. The van der Waals surface area contributed by atoms with Crippen LogP contribution in [-0.2, 0) is 5.41 Å². The Balaban J connectivity index is 1.57. The maximum absolute atomic E-state index is 3.61. The molecule has 0 radical (unpaired) electrons. The third-order valence-electron chi connectivity index (χ3n) is 7.87. The van der Waals surface area contributed by atoms with E-state index in [9.17, 15) is 0 Å². The van der Waals surface area contributed by atoms with Crippen LogP contribution in [0.15, 0.2) is 103 Å². The van der Waals surface area contributed by atoms with E-state index in [1.54, 1.807) is 0 Å². The molecule has 0 aliphatic heterocycles. The molecule has 1 aliphatic rings. The van der Waals surface area contributed by atoms with Gasteiger partial charge in [-0.05, 0) is 74.0 Å². The molecule has 1 aliphatic carbocycles. The molecule has 1 nitrogen and oxygen atoms in total. The van der Waals surface area contributed by atoms with Crippen LogP contribution in [0.5, 0.6) is 0 Å². The fraction of sp³-hybridized carbons (Fsp3) is 0.118. The topological polar surface area (TPSA) is 15.8 Å². The molecule has 1 heteroatoms. The molecule has 0 unspecified atom stereocenters. The predicted octanol–water partition coefficient (Wildman–Crippen LogP) is 9.27. The highest BCUT2D eigenvalue weighted by Crippen LogP contribution is 2.51. The second-order valence-corrected chi connectivity index (χ2v) is 10.3. The molecule has 5 aromatic carbocycles. The van der Waals surface area contributed by atoms with Crippen molar-refractivity contribution in [2.24, 2.45) is 0 Å². The lowest BCUT2D eigenvalue weighted by Gasteiger charge is -2.22. The van der Waals surface area contributed by atoms with E-state index in [1.807, 2.05) is 0 Å². The summed E-state index contributed by atoms with van der Waals surface area (Å²) in [6.07, 6.45) is 0. The molecule has 0 fully saturated rings.